The molecule has 0 unspecified atom stereocenters. The van der Waals surface area contributed by atoms with Gasteiger partial charge in [0.2, 0.25) is 0 Å². The molecule has 0 aromatic heterocycles. The van der Waals surface area contributed by atoms with Crippen molar-refractivity contribution in [3.8, 4) is 0 Å². The highest BCUT2D eigenvalue weighted by molar-refractivity contribution is 6.03. The summed E-state index contributed by atoms with van der Waals surface area (Å²) >= 11 is 0. The third-order valence-electron chi connectivity index (χ3n) is 2.51. The lowest BCUT2D eigenvalue weighted by Gasteiger charge is -2.18. The van der Waals surface area contributed by atoms with Gasteiger partial charge in [-0.05, 0) is 32.0 Å². The monoisotopic (exact) mass is 239 g/mol. The Hall–Kier alpha value is -1.91. The standard InChI is InChI=1S/C12H14FNO3/c1-12(2,11(16)17)10(15)7-14-9-5-3-4-8(13)6-9/h3-6,14H,7H2,1-2H3,(H,16,17). The second kappa shape index (κ2) is 4.95. The normalized spacial score (nSPS) is 11.0. The molecule has 0 aliphatic carbocycles. The molecule has 92 valence electrons. The summed E-state index contributed by atoms with van der Waals surface area (Å²) in [5, 5.41) is 11.5. The molecular formula is C12H14FNO3. The molecule has 0 spiro atoms. The Labute approximate surface area is 98.5 Å². The Morgan fingerprint density at radius 2 is 2.06 bits per heavy atom. The maximum absolute atomic E-state index is 12.8. The van der Waals surface area contributed by atoms with Gasteiger partial charge in [0.05, 0.1) is 6.54 Å². The second-order valence-electron chi connectivity index (χ2n) is 4.22. The number of hydrogen-bond donors (Lipinski definition) is 2. The Morgan fingerprint density at radius 3 is 2.59 bits per heavy atom. The number of halogens is 1. The fourth-order valence-electron chi connectivity index (χ4n) is 1.12. The van der Waals surface area contributed by atoms with Crippen LogP contribution < -0.4 is 5.32 Å². The topological polar surface area (TPSA) is 66.4 Å². The highest BCUT2D eigenvalue weighted by Gasteiger charge is 2.35. The van der Waals surface area contributed by atoms with Crippen LogP contribution in [0.1, 0.15) is 13.8 Å². The van der Waals surface area contributed by atoms with Gasteiger partial charge in [-0.25, -0.2) is 4.39 Å². The summed E-state index contributed by atoms with van der Waals surface area (Å²) in [7, 11) is 0. The molecule has 0 radical (unpaired) electrons. The van der Waals surface area contributed by atoms with E-state index in [4.69, 9.17) is 5.11 Å². The molecule has 17 heavy (non-hydrogen) atoms. The molecule has 4 nitrogen and oxygen atoms in total. The van der Waals surface area contributed by atoms with Crippen LogP contribution in [-0.2, 0) is 9.59 Å². The zero-order chi connectivity index (χ0) is 13.1. The van der Waals surface area contributed by atoms with Crippen LogP contribution in [0.25, 0.3) is 0 Å². The van der Waals surface area contributed by atoms with Gasteiger partial charge >= 0.3 is 5.97 Å². The molecule has 1 aromatic carbocycles. The smallest absolute Gasteiger partial charge is 0.316 e. The number of hydrogen-bond acceptors (Lipinski definition) is 3. The first-order valence-electron chi connectivity index (χ1n) is 5.10. The van der Waals surface area contributed by atoms with Crippen LogP contribution in [0.5, 0.6) is 0 Å². The Bertz CT molecular complexity index is 443. The first kappa shape index (κ1) is 13.2. The van der Waals surface area contributed by atoms with Crippen molar-refractivity contribution in [2.75, 3.05) is 11.9 Å². The molecule has 1 rings (SSSR count). The van der Waals surface area contributed by atoms with E-state index < -0.39 is 23.0 Å². The molecule has 0 saturated heterocycles. The summed E-state index contributed by atoms with van der Waals surface area (Å²) in [5.41, 5.74) is -1.00. The van der Waals surface area contributed by atoms with Crippen LogP contribution in [0.4, 0.5) is 10.1 Å². The maximum Gasteiger partial charge on any atom is 0.316 e. The van der Waals surface area contributed by atoms with Crippen LogP contribution in [0, 0.1) is 11.2 Å². The quantitative estimate of drug-likeness (QED) is 0.770. The van der Waals surface area contributed by atoms with Crippen molar-refractivity contribution < 1.29 is 19.1 Å². The van der Waals surface area contributed by atoms with E-state index in [2.05, 4.69) is 5.32 Å². The number of aliphatic carboxylic acids is 1. The van der Waals surface area contributed by atoms with Gasteiger partial charge in [-0.2, -0.15) is 0 Å². The molecule has 0 aliphatic heterocycles. The van der Waals surface area contributed by atoms with Gasteiger partial charge in [-0.1, -0.05) is 6.07 Å². The Balaban J connectivity index is 2.63. The van der Waals surface area contributed by atoms with Gasteiger partial charge < -0.3 is 10.4 Å². The molecule has 1 aromatic rings. The molecule has 0 atom stereocenters. The van der Waals surface area contributed by atoms with Crippen molar-refractivity contribution >= 4 is 17.4 Å². The summed E-state index contributed by atoms with van der Waals surface area (Å²) in [6, 6.07) is 5.63. The van der Waals surface area contributed by atoms with Gasteiger partial charge in [0.25, 0.3) is 0 Å². The van der Waals surface area contributed by atoms with E-state index in [1.807, 2.05) is 0 Å². The molecule has 5 heteroatoms. The van der Waals surface area contributed by atoms with Crippen LogP contribution in [-0.4, -0.2) is 23.4 Å². The van der Waals surface area contributed by atoms with E-state index in [1.54, 1.807) is 6.07 Å². The molecule has 0 fully saturated rings. The highest BCUT2D eigenvalue weighted by atomic mass is 19.1. The number of ketones is 1. The first-order valence-corrected chi connectivity index (χ1v) is 5.10. The number of rotatable bonds is 5. The van der Waals surface area contributed by atoms with Gasteiger partial charge in [0.1, 0.15) is 11.2 Å². The third kappa shape index (κ3) is 3.27. The molecule has 2 N–H and O–H groups in total. The van der Waals surface area contributed by atoms with Crippen molar-refractivity contribution in [2.24, 2.45) is 5.41 Å². The fraction of sp³-hybridized carbons (Fsp3) is 0.333. The minimum atomic E-state index is -1.44. The summed E-state index contributed by atoms with van der Waals surface area (Å²) in [6.07, 6.45) is 0. The molecule has 0 aliphatic rings. The lowest BCUT2D eigenvalue weighted by molar-refractivity contribution is -0.151. The number of nitrogens with one attached hydrogen (secondary N) is 1. The van der Waals surface area contributed by atoms with E-state index in [0.29, 0.717) is 5.69 Å². The Morgan fingerprint density at radius 1 is 1.41 bits per heavy atom. The van der Waals surface area contributed by atoms with Crippen molar-refractivity contribution in [1.82, 2.24) is 0 Å². The zero-order valence-electron chi connectivity index (χ0n) is 9.66. The fourth-order valence-corrected chi connectivity index (χ4v) is 1.12. The first-order chi connectivity index (χ1) is 7.84. The van der Waals surface area contributed by atoms with E-state index in [-0.39, 0.29) is 6.54 Å². The third-order valence-corrected chi connectivity index (χ3v) is 2.51. The zero-order valence-corrected chi connectivity index (χ0v) is 9.66. The number of anilines is 1. The molecular weight excluding hydrogens is 225 g/mol. The summed E-state index contributed by atoms with van der Waals surface area (Å²) in [5.74, 6) is -2.06. The largest absolute Gasteiger partial charge is 0.481 e. The van der Waals surface area contributed by atoms with Gasteiger partial charge in [0.15, 0.2) is 5.78 Å². The minimum absolute atomic E-state index is 0.150. The summed E-state index contributed by atoms with van der Waals surface area (Å²) in [4.78, 5) is 22.4. The number of benzene rings is 1. The molecule has 0 amide bonds. The van der Waals surface area contributed by atoms with E-state index in [1.165, 1.54) is 32.0 Å². The van der Waals surface area contributed by atoms with Crippen molar-refractivity contribution in [2.45, 2.75) is 13.8 Å². The van der Waals surface area contributed by atoms with Gasteiger partial charge in [0, 0.05) is 5.69 Å². The van der Waals surface area contributed by atoms with E-state index in [0.717, 1.165) is 0 Å². The average molecular weight is 239 g/mol. The van der Waals surface area contributed by atoms with Crippen molar-refractivity contribution in [3.05, 3.63) is 30.1 Å². The number of carbonyl (C=O) groups excluding carboxylic acids is 1. The lowest BCUT2D eigenvalue weighted by atomic mass is 9.88. The Kier molecular flexibility index (Phi) is 3.83. The lowest BCUT2D eigenvalue weighted by Crippen LogP contribution is -2.37. The van der Waals surface area contributed by atoms with Crippen LogP contribution in [0.15, 0.2) is 24.3 Å². The maximum atomic E-state index is 12.8. The number of carbonyl (C=O) groups is 2. The molecule has 0 bridgehead atoms. The van der Waals surface area contributed by atoms with Crippen LogP contribution in [0.2, 0.25) is 0 Å². The van der Waals surface area contributed by atoms with E-state index >= 15 is 0 Å². The predicted octanol–water partition coefficient (Wildman–Crippen LogP) is 1.92. The van der Waals surface area contributed by atoms with Gasteiger partial charge in [-0.15, -0.1) is 0 Å². The predicted molar refractivity (Wildman–Crippen MR) is 61.3 cm³/mol. The SMILES string of the molecule is CC(C)(C(=O)O)C(=O)CNc1cccc(F)c1. The minimum Gasteiger partial charge on any atom is -0.481 e. The summed E-state index contributed by atoms with van der Waals surface area (Å²) < 4.78 is 12.8. The van der Waals surface area contributed by atoms with Crippen LogP contribution >= 0.6 is 0 Å². The van der Waals surface area contributed by atoms with Crippen molar-refractivity contribution in [3.63, 3.8) is 0 Å². The highest BCUT2D eigenvalue weighted by Crippen LogP contribution is 2.17. The van der Waals surface area contributed by atoms with Crippen molar-refractivity contribution in [1.29, 1.82) is 0 Å². The molecule has 0 saturated carbocycles. The number of carboxylic acid groups (broad SMARTS) is 1. The second-order valence-corrected chi connectivity index (χ2v) is 4.22. The average Bonchev–Trinajstić information content (AvgIpc) is 2.25. The summed E-state index contributed by atoms with van der Waals surface area (Å²) in [6.45, 7) is 2.53. The molecule has 0 heterocycles. The number of Topliss-reactive ketones (excluding diaryl/α,β-unsaturated/α-hetero) is 1. The van der Waals surface area contributed by atoms with Gasteiger partial charge in [-0.3, -0.25) is 9.59 Å². The van der Waals surface area contributed by atoms with Crippen LogP contribution in [0.3, 0.4) is 0 Å². The van der Waals surface area contributed by atoms with E-state index in [9.17, 15) is 14.0 Å². The number of carboxylic acids is 1.